The van der Waals surface area contributed by atoms with Crippen molar-refractivity contribution >= 4 is 26.7 Å². The fraction of sp³-hybridized carbons (Fsp3) is 0.400. The molecule has 3 nitrogen and oxygen atoms in total. The minimum Gasteiger partial charge on any atom is -0.473 e. The van der Waals surface area contributed by atoms with E-state index in [4.69, 9.17) is 10.5 Å². The van der Waals surface area contributed by atoms with Crippen LogP contribution in [0.3, 0.4) is 0 Å². The van der Waals surface area contributed by atoms with Gasteiger partial charge in [0.2, 0.25) is 0 Å². The van der Waals surface area contributed by atoms with Crippen molar-refractivity contribution in [2.75, 3.05) is 0 Å². The number of ether oxygens (including phenoxy) is 1. The minimum atomic E-state index is -0.539. The molecule has 1 fully saturated rings. The third-order valence-electron chi connectivity index (χ3n) is 5.85. The second-order valence-corrected chi connectivity index (χ2v) is 9.11. The molecule has 0 aliphatic heterocycles. The van der Waals surface area contributed by atoms with E-state index in [1.807, 2.05) is 30.5 Å². The van der Waals surface area contributed by atoms with Crippen LogP contribution in [0.25, 0.3) is 22.0 Å². The highest BCUT2D eigenvalue weighted by Crippen LogP contribution is 2.42. The van der Waals surface area contributed by atoms with E-state index in [0.29, 0.717) is 5.92 Å². The average Bonchev–Trinajstić information content (AvgIpc) is 3.57. The lowest BCUT2D eigenvalue weighted by Gasteiger charge is -2.31. The first kappa shape index (κ1) is 20.4. The molecule has 0 bridgehead atoms. The number of nitrogens with zero attached hydrogens (tertiary/aromatic N) is 1. The smallest absolute Gasteiger partial charge is 0.161 e. The van der Waals surface area contributed by atoms with Crippen molar-refractivity contribution in [3.63, 3.8) is 0 Å². The van der Waals surface area contributed by atoms with Gasteiger partial charge in [-0.1, -0.05) is 54.2 Å². The highest BCUT2D eigenvalue weighted by atomic mass is 79.9. The molecule has 3 aromatic rings. The predicted molar refractivity (Wildman–Crippen MR) is 124 cm³/mol. The van der Waals surface area contributed by atoms with E-state index in [2.05, 4.69) is 52.1 Å². The number of aromatic nitrogens is 1. The fourth-order valence-corrected chi connectivity index (χ4v) is 4.28. The summed E-state index contributed by atoms with van der Waals surface area (Å²) in [5.74, 6) is 1.34. The zero-order chi connectivity index (χ0) is 20.3. The fourth-order valence-electron chi connectivity index (χ4n) is 4.02. The molecule has 0 radical (unpaired) electrons. The number of hydrogen-bond acceptors (Lipinski definition) is 3. The number of pyridine rings is 1. The summed E-state index contributed by atoms with van der Waals surface area (Å²) in [7, 11) is 0. The molecule has 1 saturated carbocycles. The second-order valence-electron chi connectivity index (χ2n) is 8.19. The highest BCUT2D eigenvalue weighted by Gasteiger charge is 2.44. The molecule has 2 N–H and O–H groups in total. The Labute approximate surface area is 181 Å². The topological polar surface area (TPSA) is 48.1 Å². The van der Waals surface area contributed by atoms with Crippen LogP contribution in [0.1, 0.15) is 51.9 Å². The van der Waals surface area contributed by atoms with Crippen molar-refractivity contribution in [3.05, 3.63) is 59.2 Å². The van der Waals surface area contributed by atoms with E-state index in [9.17, 15) is 0 Å². The van der Waals surface area contributed by atoms with E-state index >= 15 is 0 Å². The Morgan fingerprint density at radius 2 is 1.86 bits per heavy atom. The summed E-state index contributed by atoms with van der Waals surface area (Å²) in [6.07, 6.45) is 10.0. The lowest BCUT2D eigenvalue weighted by atomic mass is 9.99. The summed E-state index contributed by atoms with van der Waals surface area (Å²) in [5, 5.41) is 2.25. The number of rotatable bonds is 9. The van der Waals surface area contributed by atoms with E-state index in [0.717, 1.165) is 45.1 Å². The summed E-state index contributed by atoms with van der Waals surface area (Å²) in [5.41, 5.74) is 8.31. The van der Waals surface area contributed by atoms with Crippen LogP contribution < -0.4 is 10.5 Å². The maximum Gasteiger partial charge on any atom is 0.161 e. The lowest BCUT2D eigenvalue weighted by molar-refractivity contribution is 0.0402. The molecule has 1 unspecified atom stereocenters. The molecule has 2 aromatic carbocycles. The van der Waals surface area contributed by atoms with Gasteiger partial charge in [0, 0.05) is 34.0 Å². The second kappa shape index (κ2) is 8.85. The monoisotopic (exact) mass is 452 g/mol. The first-order valence-electron chi connectivity index (χ1n) is 10.7. The van der Waals surface area contributed by atoms with Gasteiger partial charge in [-0.15, -0.1) is 0 Å². The van der Waals surface area contributed by atoms with Crippen LogP contribution in [-0.4, -0.2) is 10.7 Å². The molecule has 1 aliphatic carbocycles. The Morgan fingerprint density at radius 3 is 2.59 bits per heavy atom. The number of fused-ring (bicyclic) bond motifs is 1. The number of halogens is 1. The largest absolute Gasteiger partial charge is 0.473 e. The summed E-state index contributed by atoms with van der Waals surface area (Å²) >= 11 is 3.50. The van der Waals surface area contributed by atoms with Gasteiger partial charge in [-0.25, -0.2) is 0 Å². The summed E-state index contributed by atoms with van der Waals surface area (Å²) in [4.78, 5) is 4.63. The highest BCUT2D eigenvalue weighted by molar-refractivity contribution is 9.10. The van der Waals surface area contributed by atoms with Crippen molar-refractivity contribution < 1.29 is 4.74 Å². The van der Waals surface area contributed by atoms with Crippen molar-refractivity contribution in [2.45, 2.75) is 57.6 Å². The maximum atomic E-state index is 6.76. The van der Waals surface area contributed by atoms with Gasteiger partial charge in [-0.3, -0.25) is 10.7 Å². The van der Waals surface area contributed by atoms with Gasteiger partial charge in [-0.2, -0.15) is 0 Å². The van der Waals surface area contributed by atoms with Crippen molar-refractivity contribution in [1.82, 2.24) is 4.98 Å². The molecule has 0 saturated heterocycles. The molecular formula is C25H29BrN2O. The van der Waals surface area contributed by atoms with Crippen LogP contribution >= 0.6 is 15.9 Å². The molecule has 4 heteroatoms. The van der Waals surface area contributed by atoms with Gasteiger partial charge >= 0.3 is 0 Å². The van der Waals surface area contributed by atoms with Crippen LogP contribution in [0, 0.1) is 5.92 Å². The van der Waals surface area contributed by atoms with E-state index in [1.165, 1.54) is 32.1 Å². The summed E-state index contributed by atoms with van der Waals surface area (Å²) in [6, 6.07) is 16.6. The third kappa shape index (κ3) is 4.81. The summed E-state index contributed by atoms with van der Waals surface area (Å²) in [6.45, 7) is 2.24. The van der Waals surface area contributed by atoms with Gasteiger partial charge in [0.25, 0.3) is 0 Å². The Hall–Kier alpha value is -1.91. The molecule has 0 spiro atoms. The van der Waals surface area contributed by atoms with Crippen molar-refractivity contribution in [3.8, 4) is 17.0 Å². The zero-order valence-electron chi connectivity index (χ0n) is 17.0. The standard InChI is InChI=1S/C25H29BrN2O/c1-2-3-4-5-15-25(27,20-8-9-20)29-22-12-13-23-19(17-22)14-16-28-24(23)18-6-10-21(26)11-7-18/h6-7,10-14,16-17,20H,2-5,8-9,15,27H2,1H3. The Kier molecular flexibility index (Phi) is 6.21. The Bertz CT molecular complexity index is 968. The quantitative estimate of drug-likeness (QED) is 0.278. The summed E-state index contributed by atoms with van der Waals surface area (Å²) < 4.78 is 7.49. The maximum absolute atomic E-state index is 6.76. The Morgan fingerprint density at radius 1 is 1.07 bits per heavy atom. The van der Waals surface area contributed by atoms with Gasteiger partial charge in [-0.05, 0) is 61.0 Å². The molecule has 1 atom stereocenters. The molecule has 29 heavy (non-hydrogen) atoms. The predicted octanol–water partition coefficient (Wildman–Crippen LogP) is 7.08. The molecule has 1 aromatic heterocycles. The molecule has 1 heterocycles. The van der Waals surface area contributed by atoms with Crippen LogP contribution in [0.5, 0.6) is 5.75 Å². The SMILES string of the molecule is CCCCCCC(N)(Oc1ccc2c(-c3ccc(Br)cc3)nccc2c1)C1CC1. The normalized spacial score (nSPS) is 16.0. The van der Waals surface area contributed by atoms with Crippen LogP contribution in [-0.2, 0) is 0 Å². The van der Waals surface area contributed by atoms with Crippen LogP contribution in [0.2, 0.25) is 0 Å². The Balaban J connectivity index is 1.58. The molecule has 1 aliphatic rings. The molecule has 0 amide bonds. The first-order chi connectivity index (χ1) is 14.1. The van der Waals surface area contributed by atoms with Gasteiger partial charge in [0.1, 0.15) is 5.75 Å². The van der Waals surface area contributed by atoms with Crippen molar-refractivity contribution in [2.24, 2.45) is 11.7 Å². The van der Waals surface area contributed by atoms with Crippen LogP contribution in [0.15, 0.2) is 59.2 Å². The molecular weight excluding hydrogens is 424 g/mol. The lowest BCUT2D eigenvalue weighted by Crippen LogP contribution is -2.48. The molecule has 4 rings (SSSR count). The average molecular weight is 453 g/mol. The zero-order valence-corrected chi connectivity index (χ0v) is 18.6. The number of benzene rings is 2. The first-order valence-corrected chi connectivity index (χ1v) is 11.5. The van der Waals surface area contributed by atoms with Gasteiger partial charge < -0.3 is 4.74 Å². The van der Waals surface area contributed by atoms with Gasteiger partial charge in [0.15, 0.2) is 5.72 Å². The number of nitrogens with two attached hydrogens (primary N) is 1. The van der Waals surface area contributed by atoms with E-state index in [-0.39, 0.29) is 0 Å². The third-order valence-corrected chi connectivity index (χ3v) is 6.38. The van der Waals surface area contributed by atoms with Gasteiger partial charge in [0.05, 0.1) is 5.69 Å². The molecule has 152 valence electrons. The minimum absolute atomic E-state index is 0.482. The van der Waals surface area contributed by atoms with E-state index in [1.54, 1.807) is 0 Å². The van der Waals surface area contributed by atoms with Crippen LogP contribution in [0.4, 0.5) is 0 Å². The number of unbranched alkanes of at least 4 members (excludes halogenated alkanes) is 3. The number of hydrogen-bond donors (Lipinski definition) is 1. The van der Waals surface area contributed by atoms with E-state index < -0.39 is 5.72 Å². The van der Waals surface area contributed by atoms with Crippen molar-refractivity contribution in [1.29, 1.82) is 0 Å².